The van der Waals surface area contributed by atoms with Crippen LogP contribution in [0.2, 0.25) is 0 Å². The largest absolute Gasteiger partial charge is 0.573 e. The first kappa shape index (κ1) is 23.6. The molecule has 0 aliphatic heterocycles. The van der Waals surface area contributed by atoms with Gasteiger partial charge in [0.25, 0.3) is 0 Å². The molecule has 2 fully saturated rings. The summed E-state index contributed by atoms with van der Waals surface area (Å²) in [5, 5.41) is 0. The zero-order valence-corrected chi connectivity index (χ0v) is 17.8. The van der Waals surface area contributed by atoms with Crippen molar-refractivity contribution in [3.05, 3.63) is 41.5 Å². The van der Waals surface area contributed by atoms with E-state index in [1.165, 1.54) is 32.1 Å². The molecule has 31 heavy (non-hydrogen) atoms. The molecule has 0 saturated heterocycles. The molecule has 0 atom stereocenters. The maximum absolute atomic E-state index is 14.0. The molecule has 0 bridgehead atoms. The topological polar surface area (TPSA) is 9.23 Å². The molecule has 1 nitrogen and oxygen atoms in total. The molecule has 1 aromatic rings. The van der Waals surface area contributed by atoms with Crippen molar-refractivity contribution in [3.63, 3.8) is 0 Å². The quantitative estimate of drug-likeness (QED) is 0.341. The van der Waals surface area contributed by atoms with Gasteiger partial charge in [0.2, 0.25) is 5.75 Å². The van der Waals surface area contributed by atoms with Gasteiger partial charge in [-0.25, -0.2) is 8.78 Å². The molecule has 3 rings (SSSR count). The monoisotopic (exact) mass is 440 g/mol. The summed E-state index contributed by atoms with van der Waals surface area (Å²) in [5.41, 5.74) is 0.374. The third-order valence-electron chi connectivity index (χ3n) is 6.64. The van der Waals surface area contributed by atoms with Gasteiger partial charge in [-0.05, 0) is 92.9 Å². The number of alkyl halides is 3. The van der Waals surface area contributed by atoms with Crippen molar-refractivity contribution < 1.29 is 26.7 Å². The summed E-state index contributed by atoms with van der Waals surface area (Å²) in [7, 11) is 0. The second-order valence-electron chi connectivity index (χ2n) is 8.75. The summed E-state index contributed by atoms with van der Waals surface area (Å²) in [6.07, 6.45) is 8.39. The molecule has 170 valence electrons. The second kappa shape index (κ2) is 10.5. The Bertz CT molecular complexity index is 794. The Morgan fingerprint density at radius 3 is 2.13 bits per heavy atom. The molecule has 0 unspecified atom stereocenters. The van der Waals surface area contributed by atoms with E-state index < -0.39 is 23.7 Å². The Morgan fingerprint density at radius 1 is 0.968 bits per heavy atom. The normalized spacial score (nSPS) is 27.0. The van der Waals surface area contributed by atoms with Gasteiger partial charge in [0.15, 0.2) is 11.6 Å². The van der Waals surface area contributed by atoms with E-state index in [2.05, 4.69) is 29.6 Å². The van der Waals surface area contributed by atoms with Crippen molar-refractivity contribution in [2.24, 2.45) is 17.8 Å². The molecule has 2 aliphatic carbocycles. The summed E-state index contributed by atoms with van der Waals surface area (Å²) >= 11 is 0. The van der Waals surface area contributed by atoms with E-state index in [0.717, 1.165) is 30.9 Å². The van der Waals surface area contributed by atoms with Crippen molar-refractivity contribution in [2.45, 2.75) is 77.0 Å². The lowest BCUT2D eigenvalue weighted by Gasteiger charge is -2.26. The average Bonchev–Trinajstić information content (AvgIpc) is 2.74. The highest BCUT2D eigenvalue weighted by Crippen LogP contribution is 2.38. The summed E-state index contributed by atoms with van der Waals surface area (Å²) in [6.45, 7) is 2.26. The Labute approximate surface area is 181 Å². The van der Waals surface area contributed by atoms with Gasteiger partial charge in [-0.1, -0.05) is 31.3 Å². The lowest BCUT2D eigenvalue weighted by molar-refractivity contribution is -0.276. The molecule has 0 heterocycles. The van der Waals surface area contributed by atoms with Gasteiger partial charge >= 0.3 is 6.36 Å². The van der Waals surface area contributed by atoms with Crippen LogP contribution in [0, 0.1) is 41.2 Å². The molecule has 6 heteroatoms. The van der Waals surface area contributed by atoms with Crippen LogP contribution in [0.25, 0.3) is 0 Å². The highest BCUT2D eigenvalue weighted by molar-refractivity contribution is 5.33. The lowest BCUT2D eigenvalue weighted by Crippen LogP contribution is -2.19. The highest BCUT2D eigenvalue weighted by Gasteiger charge is 2.34. The van der Waals surface area contributed by atoms with Crippen LogP contribution in [-0.4, -0.2) is 6.36 Å². The van der Waals surface area contributed by atoms with E-state index in [9.17, 15) is 22.0 Å². The Morgan fingerprint density at radius 2 is 1.58 bits per heavy atom. The van der Waals surface area contributed by atoms with Crippen molar-refractivity contribution in [2.75, 3.05) is 0 Å². The van der Waals surface area contributed by atoms with Gasteiger partial charge in [0, 0.05) is 5.92 Å². The number of hydrogen-bond acceptors (Lipinski definition) is 1. The van der Waals surface area contributed by atoms with Crippen LogP contribution in [0.15, 0.2) is 24.3 Å². The minimum absolute atomic E-state index is 0.0914. The van der Waals surface area contributed by atoms with E-state index >= 15 is 0 Å². The lowest BCUT2D eigenvalue weighted by atomic mass is 9.79. The van der Waals surface area contributed by atoms with Crippen LogP contribution in [0.4, 0.5) is 22.0 Å². The smallest absolute Gasteiger partial charge is 0.399 e. The Balaban J connectivity index is 1.50. The van der Waals surface area contributed by atoms with Gasteiger partial charge in [-0.3, -0.25) is 0 Å². The zero-order valence-electron chi connectivity index (χ0n) is 17.8. The summed E-state index contributed by atoms with van der Waals surface area (Å²) in [5.74, 6) is 4.03. The van der Waals surface area contributed by atoms with Crippen LogP contribution >= 0.6 is 0 Å². The molecule has 0 radical (unpaired) electrons. The second-order valence-corrected chi connectivity index (χ2v) is 8.75. The standard InChI is InChI=1S/C25H29F5O/c1-2-17-7-9-18(10-8-17)5-3-4-6-19-11-13-20(14-12-19)21-15-22(26)24(23(27)16-21)31-25(28,29)30/h3,5,15-20H,2,7-14H2,1H3/b5-3+/t17-,18-,19-,20-. The number of hydrogen-bond donors (Lipinski definition) is 0. The summed E-state index contributed by atoms with van der Waals surface area (Å²) in [6, 6.07) is 1.91. The van der Waals surface area contributed by atoms with Crippen LogP contribution in [0.5, 0.6) is 5.75 Å². The van der Waals surface area contributed by atoms with Crippen molar-refractivity contribution in [3.8, 4) is 17.6 Å². The zero-order chi connectivity index (χ0) is 22.4. The SMILES string of the molecule is CC[C@H]1CC[C@H](/C=C/C#C[C@H]2CC[C@H](c3cc(F)c(OC(F)(F)F)c(F)c3)CC2)CC1. The van der Waals surface area contributed by atoms with Gasteiger partial charge < -0.3 is 4.74 Å². The molecule has 0 amide bonds. The van der Waals surface area contributed by atoms with Gasteiger partial charge in [0.05, 0.1) is 0 Å². The van der Waals surface area contributed by atoms with Crippen molar-refractivity contribution in [1.82, 2.24) is 0 Å². The number of ether oxygens (including phenoxy) is 1. The molecular formula is C25H29F5O. The maximum atomic E-state index is 14.0. The van der Waals surface area contributed by atoms with Crippen LogP contribution in [0.1, 0.15) is 76.2 Å². The molecule has 0 spiro atoms. The number of rotatable bonds is 4. The van der Waals surface area contributed by atoms with E-state index in [4.69, 9.17) is 0 Å². The third kappa shape index (κ3) is 6.98. The van der Waals surface area contributed by atoms with E-state index in [1.54, 1.807) is 0 Å². The fraction of sp³-hybridized carbons (Fsp3) is 0.600. The van der Waals surface area contributed by atoms with E-state index in [0.29, 0.717) is 24.3 Å². The molecule has 2 saturated carbocycles. The molecule has 2 aliphatic rings. The number of allylic oxidation sites excluding steroid dienone is 2. The maximum Gasteiger partial charge on any atom is 0.573 e. The first-order valence-corrected chi connectivity index (χ1v) is 11.2. The van der Waals surface area contributed by atoms with Gasteiger partial charge in [-0.2, -0.15) is 0 Å². The predicted octanol–water partition coefficient (Wildman–Crippen LogP) is 7.91. The van der Waals surface area contributed by atoms with Crippen LogP contribution in [-0.2, 0) is 0 Å². The summed E-state index contributed by atoms with van der Waals surface area (Å²) in [4.78, 5) is 0. The molecule has 0 aromatic heterocycles. The first-order chi connectivity index (χ1) is 14.7. The van der Waals surface area contributed by atoms with Gasteiger partial charge in [0.1, 0.15) is 0 Å². The fourth-order valence-corrected chi connectivity index (χ4v) is 4.74. The van der Waals surface area contributed by atoms with E-state index in [-0.39, 0.29) is 11.8 Å². The molecular weight excluding hydrogens is 411 g/mol. The average molecular weight is 440 g/mol. The first-order valence-electron chi connectivity index (χ1n) is 11.2. The van der Waals surface area contributed by atoms with Gasteiger partial charge in [-0.15, -0.1) is 13.2 Å². The van der Waals surface area contributed by atoms with Crippen LogP contribution in [0.3, 0.4) is 0 Å². The third-order valence-corrected chi connectivity index (χ3v) is 6.64. The predicted molar refractivity (Wildman–Crippen MR) is 110 cm³/mol. The highest BCUT2D eigenvalue weighted by atomic mass is 19.4. The van der Waals surface area contributed by atoms with Crippen LogP contribution < -0.4 is 4.74 Å². The van der Waals surface area contributed by atoms with E-state index in [1.807, 2.05) is 6.08 Å². The van der Waals surface area contributed by atoms with Crippen molar-refractivity contribution in [1.29, 1.82) is 0 Å². The summed E-state index contributed by atoms with van der Waals surface area (Å²) < 4.78 is 68.3. The minimum atomic E-state index is -5.14. The fourth-order valence-electron chi connectivity index (χ4n) is 4.74. The Kier molecular flexibility index (Phi) is 8.02. The number of halogens is 5. The number of benzene rings is 1. The molecule has 0 N–H and O–H groups in total. The van der Waals surface area contributed by atoms with Crippen molar-refractivity contribution >= 4 is 0 Å². The molecule has 1 aromatic carbocycles. The minimum Gasteiger partial charge on any atom is -0.399 e. The Hall–Kier alpha value is -2.03.